The number of hydrogen-bond acceptors (Lipinski definition) is 5. The topological polar surface area (TPSA) is 87.7 Å². The first-order chi connectivity index (χ1) is 16.3. The summed E-state index contributed by atoms with van der Waals surface area (Å²) in [4.78, 5) is 39.5. The van der Waals surface area contributed by atoms with Gasteiger partial charge >= 0.3 is 0 Å². The van der Waals surface area contributed by atoms with Gasteiger partial charge in [-0.1, -0.05) is 35.3 Å². The second kappa shape index (κ2) is 9.59. The smallest absolute Gasteiger partial charge is 0.283 e. The number of nitrogens with zero attached hydrogens (tertiary/aromatic N) is 1. The standard InChI is InChI=1S/C25H19Cl2N3O4/c1-14-6-7-16(26)13-20(14)30-24(32)21(27)22(25(30)33)28-18-5-3-4-15(12-18)23(31)29-17-8-10-19(34-2)11-9-17/h3-13,28H,1-2H3,(H,29,31). The van der Waals surface area contributed by atoms with Gasteiger partial charge in [-0.3, -0.25) is 14.4 Å². The minimum Gasteiger partial charge on any atom is -0.497 e. The number of carbonyl (C=O) groups excluding carboxylic acids is 3. The molecule has 7 nitrogen and oxygen atoms in total. The Balaban J connectivity index is 1.54. The van der Waals surface area contributed by atoms with E-state index in [9.17, 15) is 14.4 Å². The van der Waals surface area contributed by atoms with Crippen molar-refractivity contribution in [2.75, 3.05) is 22.6 Å². The zero-order chi connectivity index (χ0) is 24.4. The van der Waals surface area contributed by atoms with E-state index in [1.807, 2.05) is 0 Å². The lowest BCUT2D eigenvalue weighted by Gasteiger charge is -2.18. The Labute approximate surface area is 205 Å². The fourth-order valence-electron chi connectivity index (χ4n) is 3.41. The molecule has 0 aliphatic carbocycles. The quantitative estimate of drug-likeness (QED) is 0.450. The van der Waals surface area contributed by atoms with Crippen molar-refractivity contribution in [1.82, 2.24) is 0 Å². The molecule has 1 aliphatic heterocycles. The predicted molar refractivity (Wildman–Crippen MR) is 133 cm³/mol. The largest absolute Gasteiger partial charge is 0.497 e. The van der Waals surface area contributed by atoms with Crippen LogP contribution in [-0.2, 0) is 9.59 Å². The monoisotopic (exact) mass is 495 g/mol. The molecule has 0 fully saturated rings. The molecule has 3 aromatic carbocycles. The van der Waals surface area contributed by atoms with Crippen molar-refractivity contribution in [1.29, 1.82) is 0 Å². The number of methoxy groups -OCH3 is 1. The summed E-state index contributed by atoms with van der Waals surface area (Å²) in [6.07, 6.45) is 0. The number of benzene rings is 3. The number of carbonyl (C=O) groups is 3. The second-order valence-corrected chi connectivity index (χ2v) is 8.27. The maximum atomic E-state index is 13.1. The molecule has 3 amide bonds. The molecular weight excluding hydrogens is 477 g/mol. The van der Waals surface area contributed by atoms with Crippen molar-refractivity contribution in [2.24, 2.45) is 0 Å². The third kappa shape index (κ3) is 4.62. The normalized spacial score (nSPS) is 13.4. The van der Waals surface area contributed by atoms with Crippen LogP contribution in [0.25, 0.3) is 0 Å². The summed E-state index contributed by atoms with van der Waals surface area (Å²) >= 11 is 12.3. The van der Waals surface area contributed by atoms with Gasteiger partial charge in [-0.25, -0.2) is 4.90 Å². The molecule has 0 saturated heterocycles. The van der Waals surface area contributed by atoms with Crippen LogP contribution in [-0.4, -0.2) is 24.8 Å². The lowest BCUT2D eigenvalue weighted by atomic mass is 10.1. The number of anilines is 3. The fourth-order valence-corrected chi connectivity index (χ4v) is 3.79. The molecular formula is C25H19Cl2N3O4. The molecule has 2 N–H and O–H groups in total. The maximum absolute atomic E-state index is 13.1. The van der Waals surface area contributed by atoms with Gasteiger partial charge in [0.15, 0.2) is 0 Å². The predicted octanol–water partition coefficient (Wildman–Crippen LogP) is 5.35. The molecule has 0 spiro atoms. The number of halogens is 2. The third-order valence-electron chi connectivity index (χ3n) is 5.18. The Kier molecular flexibility index (Phi) is 6.58. The van der Waals surface area contributed by atoms with E-state index in [0.29, 0.717) is 39.0 Å². The molecule has 0 unspecified atom stereocenters. The summed E-state index contributed by atoms with van der Waals surface area (Å²) < 4.78 is 5.11. The molecule has 1 heterocycles. The van der Waals surface area contributed by atoms with Gasteiger partial charge in [-0.2, -0.15) is 0 Å². The first-order valence-corrected chi connectivity index (χ1v) is 10.9. The van der Waals surface area contributed by atoms with Crippen molar-refractivity contribution in [3.63, 3.8) is 0 Å². The zero-order valence-electron chi connectivity index (χ0n) is 18.2. The summed E-state index contributed by atoms with van der Waals surface area (Å²) in [6.45, 7) is 1.76. The number of aryl methyl sites for hydroxylation is 1. The number of nitrogens with one attached hydrogen (secondary N) is 2. The van der Waals surface area contributed by atoms with Gasteiger partial charge in [0.05, 0.1) is 12.8 Å². The molecule has 34 heavy (non-hydrogen) atoms. The molecule has 0 radical (unpaired) electrons. The van der Waals surface area contributed by atoms with E-state index >= 15 is 0 Å². The van der Waals surface area contributed by atoms with E-state index in [1.165, 1.54) is 6.07 Å². The van der Waals surface area contributed by atoms with Crippen LogP contribution in [0.3, 0.4) is 0 Å². The Morgan fingerprint density at radius 1 is 0.912 bits per heavy atom. The molecule has 4 rings (SSSR count). The van der Waals surface area contributed by atoms with Crippen LogP contribution in [0.2, 0.25) is 5.02 Å². The van der Waals surface area contributed by atoms with Crippen LogP contribution in [0, 0.1) is 6.92 Å². The number of rotatable bonds is 6. The van der Waals surface area contributed by atoms with E-state index in [2.05, 4.69) is 10.6 Å². The zero-order valence-corrected chi connectivity index (χ0v) is 19.7. The highest BCUT2D eigenvalue weighted by molar-refractivity contribution is 6.53. The summed E-state index contributed by atoms with van der Waals surface area (Å²) in [5, 5.41) is 5.81. The van der Waals surface area contributed by atoms with Crippen molar-refractivity contribution >= 4 is 58.0 Å². The van der Waals surface area contributed by atoms with Gasteiger partial charge in [0.1, 0.15) is 16.5 Å². The molecule has 1 aliphatic rings. The lowest BCUT2D eigenvalue weighted by molar-refractivity contribution is -0.120. The molecule has 3 aromatic rings. The highest BCUT2D eigenvalue weighted by Crippen LogP contribution is 2.33. The van der Waals surface area contributed by atoms with Gasteiger partial charge in [0, 0.05) is 22.0 Å². The lowest BCUT2D eigenvalue weighted by Crippen LogP contribution is -2.32. The minimum atomic E-state index is -0.659. The van der Waals surface area contributed by atoms with E-state index < -0.39 is 11.8 Å². The van der Waals surface area contributed by atoms with Gasteiger partial charge in [0.25, 0.3) is 17.7 Å². The van der Waals surface area contributed by atoms with Gasteiger partial charge in [-0.15, -0.1) is 0 Å². The highest BCUT2D eigenvalue weighted by atomic mass is 35.5. The summed E-state index contributed by atoms with van der Waals surface area (Å²) in [7, 11) is 1.56. The Bertz CT molecular complexity index is 1340. The minimum absolute atomic E-state index is 0.0845. The summed E-state index contributed by atoms with van der Waals surface area (Å²) in [6, 6.07) is 18.3. The van der Waals surface area contributed by atoms with E-state index in [0.717, 1.165) is 4.90 Å². The fraction of sp³-hybridized carbons (Fsp3) is 0.0800. The first kappa shape index (κ1) is 23.4. The Morgan fingerprint density at radius 3 is 2.35 bits per heavy atom. The van der Waals surface area contributed by atoms with Gasteiger partial charge in [0.2, 0.25) is 0 Å². The van der Waals surface area contributed by atoms with Gasteiger partial charge in [-0.05, 0) is 67.1 Å². The van der Waals surface area contributed by atoms with Crippen LogP contribution in [0.5, 0.6) is 5.75 Å². The SMILES string of the molecule is COc1ccc(NC(=O)c2cccc(NC3=C(Cl)C(=O)N(c4cc(Cl)ccc4C)C3=O)c2)cc1. The number of amides is 3. The van der Waals surface area contributed by atoms with E-state index in [1.54, 1.807) is 74.7 Å². The van der Waals surface area contributed by atoms with Crippen LogP contribution >= 0.6 is 23.2 Å². The van der Waals surface area contributed by atoms with Crippen molar-refractivity contribution < 1.29 is 19.1 Å². The van der Waals surface area contributed by atoms with Crippen LogP contribution in [0.1, 0.15) is 15.9 Å². The average Bonchev–Trinajstić information content (AvgIpc) is 3.04. The van der Waals surface area contributed by atoms with Crippen molar-refractivity contribution in [2.45, 2.75) is 6.92 Å². The Hall–Kier alpha value is -3.81. The first-order valence-electron chi connectivity index (χ1n) is 10.2. The third-order valence-corrected chi connectivity index (χ3v) is 5.77. The van der Waals surface area contributed by atoms with Crippen LogP contribution < -0.4 is 20.3 Å². The van der Waals surface area contributed by atoms with Crippen LogP contribution in [0.15, 0.2) is 77.5 Å². The maximum Gasteiger partial charge on any atom is 0.283 e. The van der Waals surface area contributed by atoms with Gasteiger partial charge < -0.3 is 15.4 Å². The molecule has 0 bridgehead atoms. The number of hydrogen-bond donors (Lipinski definition) is 2. The summed E-state index contributed by atoms with van der Waals surface area (Å²) in [5.74, 6) is -0.951. The average molecular weight is 496 g/mol. The molecule has 0 atom stereocenters. The highest BCUT2D eigenvalue weighted by Gasteiger charge is 2.39. The Morgan fingerprint density at radius 2 is 1.65 bits per heavy atom. The number of imide groups is 1. The number of ether oxygens (including phenoxy) is 1. The molecule has 9 heteroatoms. The van der Waals surface area contributed by atoms with Crippen LogP contribution in [0.4, 0.5) is 17.1 Å². The van der Waals surface area contributed by atoms with Crippen molar-refractivity contribution in [3.05, 3.63) is 93.6 Å². The molecule has 0 saturated carbocycles. The molecule has 172 valence electrons. The van der Waals surface area contributed by atoms with E-state index in [-0.39, 0.29) is 16.6 Å². The van der Waals surface area contributed by atoms with E-state index in [4.69, 9.17) is 27.9 Å². The summed E-state index contributed by atoms with van der Waals surface area (Å²) in [5.41, 5.74) is 2.31. The molecule has 0 aromatic heterocycles. The van der Waals surface area contributed by atoms with Crippen molar-refractivity contribution in [3.8, 4) is 5.75 Å². The second-order valence-electron chi connectivity index (χ2n) is 7.45.